The summed E-state index contributed by atoms with van der Waals surface area (Å²) in [5, 5.41) is 0.236. The minimum atomic E-state index is -0.559. The third-order valence-corrected chi connectivity index (χ3v) is 4.15. The van der Waals surface area contributed by atoms with E-state index in [2.05, 4.69) is 10.9 Å². The molecule has 0 aliphatic carbocycles. The van der Waals surface area contributed by atoms with Gasteiger partial charge in [0.15, 0.2) is 23.0 Å². The molecule has 3 rings (SSSR count). The second-order valence-electron chi connectivity index (χ2n) is 5.81. The molecule has 28 heavy (non-hydrogen) atoms. The summed E-state index contributed by atoms with van der Waals surface area (Å²) in [5.41, 5.74) is 5.20. The SMILES string of the molecule is CCCOc1c(Cl)cc(C(=O)NNC(=O)c2ccc3c(c2)OCO3)cc1OC. The van der Waals surface area contributed by atoms with Gasteiger partial charge in [-0.1, -0.05) is 18.5 Å². The zero-order valence-electron chi connectivity index (χ0n) is 15.3. The van der Waals surface area contributed by atoms with Crippen molar-refractivity contribution in [2.24, 2.45) is 0 Å². The Labute approximate surface area is 166 Å². The first-order valence-electron chi connectivity index (χ1n) is 8.54. The van der Waals surface area contributed by atoms with Crippen molar-refractivity contribution in [3.8, 4) is 23.0 Å². The van der Waals surface area contributed by atoms with Crippen LogP contribution in [0.1, 0.15) is 34.1 Å². The van der Waals surface area contributed by atoms with E-state index >= 15 is 0 Å². The van der Waals surface area contributed by atoms with Crippen molar-refractivity contribution < 1.29 is 28.5 Å². The second kappa shape index (κ2) is 8.71. The molecule has 0 spiro atoms. The maximum atomic E-state index is 12.4. The number of carbonyl (C=O) groups is 2. The summed E-state index contributed by atoms with van der Waals surface area (Å²) >= 11 is 6.21. The average molecular weight is 407 g/mol. The lowest BCUT2D eigenvalue weighted by Gasteiger charge is -2.14. The molecular formula is C19H19ClN2O6. The van der Waals surface area contributed by atoms with Crippen LogP contribution in [0.5, 0.6) is 23.0 Å². The Morgan fingerprint density at radius 2 is 1.79 bits per heavy atom. The number of carbonyl (C=O) groups excluding carboxylic acids is 2. The Morgan fingerprint density at radius 1 is 1.07 bits per heavy atom. The van der Waals surface area contributed by atoms with Crippen LogP contribution in [0.15, 0.2) is 30.3 Å². The molecule has 2 amide bonds. The zero-order valence-corrected chi connectivity index (χ0v) is 16.1. The fourth-order valence-corrected chi connectivity index (χ4v) is 2.76. The van der Waals surface area contributed by atoms with E-state index in [9.17, 15) is 9.59 Å². The van der Waals surface area contributed by atoms with E-state index in [1.165, 1.54) is 25.3 Å². The maximum absolute atomic E-state index is 12.4. The zero-order chi connectivity index (χ0) is 20.1. The first-order valence-corrected chi connectivity index (χ1v) is 8.92. The van der Waals surface area contributed by atoms with Crippen molar-refractivity contribution in [3.63, 3.8) is 0 Å². The highest BCUT2D eigenvalue weighted by atomic mass is 35.5. The summed E-state index contributed by atoms with van der Waals surface area (Å²) in [6, 6.07) is 7.65. The highest BCUT2D eigenvalue weighted by Crippen LogP contribution is 2.36. The number of benzene rings is 2. The van der Waals surface area contributed by atoms with Gasteiger partial charge in [0.25, 0.3) is 11.8 Å². The number of hydrazine groups is 1. The number of rotatable bonds is 6. The van der Waals surface area contributed by atoms with Crippen molar-refractivity contribution in [2.45, 2.75) is 13.3 Å². The molecule has 1 heterocycles. The molecule has 2 N–H and O–H groups in total. The van der Waals surface area contributed by atoms with Gasteiger partial charge in [-0.05, 0) is 36.8 Å². The van der Waals surface area contributed by atoms with Crippen molar-refractivity contribution >= 4 is 23.4 Å². The summed E-state index contributed by atoms with van der Waals surface area (Å²) in [5.74, 6) is 0.662. The summed E-state index contributed by atoms with van der Waals surface area (Å²) in [7, 11) is 1.45. The molecule has 1 aliphatic rings. The van der Waals surface area contributed by atoms with Gasteiger partial charge in [-0.15, -0.1) is 0 Å². The Bertz CT molecular complexity index is 902. The monoisotopic (exact) mass is 406 g/mol. The average Bonchev–Trinajstić information content (AvgIpc) is 3.18. The van der Waals surface area contributed by atoms with E-state index in [1.54, 1.807) is 12.1 Å². The highest BCUT2D eigenvalue weighted by molar-refractivity contribution is 6.32. The standard InChI is InChI=1S/C19H19ClN2O6/c1-3-6-26-17-13(20)7-12(9-16(17)25-2)19(24)22-21-18(23)11-4-5-14-15(8-11)28-10-27-14/h4-5,7-9H,3,6,10H2,1-2H3,(H,21,23)(H,22,24). The number of fused-ring (bicyclic) bond motifs is 1. The lowest BCUT2D eigenvalue weighted by Crippen LogP contribution is -2.41. The summed E-state index contributed by atoms with van der Waals surface area (Å²) in [4.78, 5) is 24.6. The van der Waals surface area contributed by atoms with Crippen LogP contribution >= 0.6 is 11.6 Å². The van der Waals surface area contributed by atoms with Gasteiger partial charge in [-0.3, -0.25) is 20.4 Å². The number of nitrogens with one attached hydrogen (secondary N) is 2. The lowest BCUT2D eigenvalue weighted by atomic mass is 10.2. The number of amides is 2. The van der Waals surface area contributed by atoms with E-state index in [-0.39, 0.29) is 17.4 Å². The Balaban J connectivity index is 1.67. The van der Waals surface area contributed by atoms with Gasteiger partial charge in [-0.2, -0.15) is 0 Å². The molecule has 148 valence electrons. The Morgan fingerprint density at radius 3 is 2.50 bits per heavy atom. The van der Waals surface area contributed by atoms with Gasteiger partial charge in [0.05, 0.1) is 18.7 Å². The molecule has 2 aromatic rings. The normalized spacial score (nSPS) is 11.7. The van der Waals surface area contributed by atoms with E-state index in [1.807, 2.05) is 6.92 Å². The fourth-order valence-electron chi connectivity index (χ4n) is 2.49. The molecule has 0 aromatic heterocycles. The lowest BCUT2D eigenvalue weighted by molar-refractivity contribution is 0.0846. The number of methoxy groups -OCH3 is 1. The van der Waals surface area contributed by atoms with Crippen LogP contribution in [-0.2, 0) is 0 Å². The molecule has 8 nitrogen and oxygen atoms in total. The molecule has 0 unspecified atom stereocenters. The van der Waals surface area contributed by atoms with E-state index in [0.717, 1.165) is 6.42 Å². The number of ether oxygens (including phenoxy) is 4. The van der Waals surface area contributed by atoms with Gasteiger partial charge >= 0.3 is 0 Å². The first-order chi connectivity index (χ1) is 13.5. The van der Waals surface area contributed by atoms with Gasteiger partial charge in [0.2, 0.25) is 6.79 Å². The third kappa shape index (κ3) is 4.23. The van der Waals surface area contributed by atoms with Crippen molar-refractivity contribution in [3.05, 3.63) is 46.5 Å². The predicted octanol–water partition coefficient (Wildman–Crippen LogP) is 2.94. The van der Waals surface area contributed by atoms with Gasteiger partial charge < -0.3 is 18.9 Å². The molecule has 0 radical (unpaired) electrons. The first kappa shape index (κ1) is 19.6. The molecule has 2 aromatic carbocycles. The van der Waals surface area contributed by atoms with Crippen LogP contribution in [0.25, 0.3) is 0 Å². The number of hydrogen-bond acceptors (Lipinski definition) is 6. The van der Waals surface area contributed by atoms with E-state index in [0.29, 0.717) is 35.2 Å². The van der Waals surface area contributed by atoms with Gasteiger partial charge in [0.1, 0.15) is 0 Å². The summed E-state index contributed by atoms with van der Waals surface area (Å²) < 4.78 is 21.2. The van der Waals surface area contributed by atoms with Crippen molar-refractivity contribution in [1.29, 1.82) is 0 Å². The molecule has 0 saturated heterocycles. The minimum absolute atomic E-state index is 0.109. The fraction of sp³-hybridized carbons (Fsp3) is 0.263. The van der Waals surface area contributed by atoms with E-state index < -0.39 is 11.8 Å². The van der Waals surface area contributed by atoms with Crippen LogP contribution in [0.3, 0.4) is 0 Å². The minimum Gasteiger partial charge on any atom is -0.493 e. The van der Waals surface area contributed by atoms with E-state index in [4.69, 9.17) is 30.5 Å². The second-order valence-corrected chi connectivity index (χ2v) is 6.22. The smallest absolute Gasteiger partial charge is 0.269 e. The van der Waals surface area contributed by atoms with Crippen molar-refractivity contribution in [1.82, 2.24) is 10.9 Å². The Kier molecular flexibility index (Phi) is 6.10. The molecule has 0 saturated carbocycles. The molecular weight excluding hydrogens is 388 g/mol. The van der Waals surface area contributed by atoms with Crippen LogP contribution in [0.4, 0.5) is 0 Å². The highest BCUT2D eigenvalue weighted by Gasteiger charge is 2.18. The maximum Gasteiger partial charge on any atom is 0.269 e. The molecule has 1 aliphatic heterocycles. The van der Waals surface area contributed by atoms with Crippen LogP contribution in [0, 0.1) is 0 Å². The molecule has 0 bridgehead atoms. The number of halogens is 1. The molecule has 9 heteroatoms. The summed E-state index contributed by atoms with van der Waals surface area (Å²) in [6.07, 6.45) is 0.799. The van der Waals surface area contributed by atoms with Crippen LogP contribution in [0.2, 0.25) is 5.02 Å². The van der Waals surface area contributed by atoms with Crippen molar-refractivity contribution in [2.75, 3.05) is 20.5 Å². The van der Waals surface area contributed by atoms with Crippen LogP contribution < -0.4 is 29.8 Å². The van der Waals surface area contributed by atoms with Crippen LogP contribution in [-0.4, -0.2) is 32.3 Å². The third-order valence-electron chi connectivity index (χ3n) is 3.87. The largest absolute Gasteiger partial charge is 0.493 e. The van der Waals surface area contributed by atoms with Gasteiger partial charge in [0, 0.05) is 11.1 Å². The van der Waals surface area contributed by atoms with Gasteiger partial charge in [-0.25, -0.2) is 0 Å². The molecule has 0 atom stereocenters. The predicted molar refractivity (Wildman–Crippen MR) is 101 cm³/mol. The molecule has 0 fully saturated rings. The number of hydrogen-bond donors (Lipinski definition) is 2. The topological polar surface area (TPSA) is 95.1 Å². The quantitative estimate of drug-likeness (QED) is 0.716. The Hall–Kier alpha value is -3.13. The summed E-state index contributed by atoms with van der Waals surface area (Å²) in [6.45, 7) is 2.54.